The monoisotopic (exact) mass is 336 g/mol. The molecule has 2 heterocycles. The molecule has 1 fully saturated rings. The van der Waals surface area contributed by atoms with Gasteiger partial charge in [0.05, 0.1) is 34.1 Å². The first-order valence-electron chi connectivity index (χ1n) is 5.46. The molecule has 2 rings (SSSR count). The molecule has 0 unspecified atom stereocenters. The summed E-state index contributed by atoms with van der Waals surface area (Å²) in [7, 11) is -3.04. The quantitative estimate of drug-likeness (QED) is 0.890. The molecule has 0 aliphatic carbocycles. The van der Waals surface area contributed by atoms with Crippen LogP contribution in [0.5, 0.6) is 0 Å². The molecule has 0 spiro atoms. The van der Waals surface area contributed by atoms with Crippen LogP contribution in [0.1, 0.15) is 19.3 Å². The molecule has 1 saturated heterocycles. The van der Waals surface area contributed by atoms with Gasteiger partial charge in [-0.05, 0) is 28.8 Å². The summed E-state index contributed by atoms with van der Waals surface area (Å²) >= 11 is 3.26. The van der Waals surface area contributed by atoms with Crippen LogP contribution in [-0.4, -0.2) is 40.8 Å². The van der Waals surface area contributed by atoms with Gasteiger partial charge in [0.25, 0.3) is 0 Å². The molecule has 0 bridgehead atoms. The fourth-order valence-corrected chi connectivity index (χ4v) is 4.12. The standard InChI is InChI=1S/C10H13BrN2O4S/c11-8-6-12-13(7-8)10(5-9(14)15)1-3-18(16,17)4-2-10/h6-7H,1-5H2,(H,14,15). The van der Waals surface area contributed by atoms with Crippen LogP contribution in [0.15, 0.2) is 16.9 Å². The van der Waals surface area contributed by atoms with Crippen LogP contribution in [-0.2, 0) is 20.2 Å². The predicted octanol–water partition coefficient (Wildman–Crippen LogP) is 1.02. The highest BCUT2D eigenvalue weighted by molar-refractivity contribution is 9.10. The van der Waals surface area contributed by atoms with E-state index in [2.05, 4.69) is 21.0 Å². The molecule has 1 aliphatic heterocycles. The van der Waals surface area contributed by atoms with Crippen LogP contribution in [0.25, 0.3) is 0 Å². The zero-order chi connectivity index (χ0) is 13.4. The number of aromatic nitrogens is 2. The fraction of sp³-hybridized carbons (Fsp3) is 0.600. The molecular formula is C10H13BrN2O4S. The van der Waals surface area contributed by atoms with E-state index in [0.717, 1.165) is 4.47 Å². The topological polar surface area (TPSA) is 89.3 Å². The lowest BCUT2D eigenvalue weighted by atomic mass is 9.88. The number of carboxylic acid groups (broad SMARTS) is 1. The second-order valence-electron chi connectivity index (χ2n) is 4.55. The first kappa shape index (κ1) is 13.5. The Hall–Kier alpha value is -0.890. The third-order valence-electron chi connectivity index (χ3n) is 3.27. The average molecular weight is 337 g/mol. The number of carbonyl (C=O) groups is 1. The fourth-order valence-electron chi connectivity index (χ4n) is 2.25. The van der Waals surface area contributed by atoms with Gasteiger partial charge in [-0.1, -0.05) is 0 Å². The highest BCUT2D eigenvalue weighted by Crippen LogP contribution is 2.34. The SMILES string of the molecule is O=C(O)CC1(n2cc(Br)cn2)CCS(=O)(=O)CC1. The molecule has 1 aromatic rings. The maximum atomic E-state index is 11.5. The maximum Gasteiger partial charge on any atom is 0.305 e. The summed E-state index contributed by atoms with van der Waals surface area (Å²) in [6, 6.07) is 0. The number of sulfone groups is 1. The van der Waals surface area contributed by atoms with Crippen molar-refractivity contribution < 1.29 is 18.3 Å². The second-order valence-corrected chi connectivity index (χ2v) is 7.77. The Balaban J connectivity index is 2.33. The lowest BCUT2D eigenvalue weighted by molar-refractivity contribution is -0.139. The summed E-state index contributed by atoms with van der Waals surface area (Å²) in [4.78, 5) is 11.0. The third-order valence-corrected chi connectivity index (χ3v) is 5.34. The highest BCUT2D eigenvalue weighted by atomic mass is 79.9. The van der Waals surface area contributed by atoms with Crippen LogP contribution in [0.2, 0.25) is 0 Å². The van der Waals surface area contributed by atoms with Crippen molar-refractivity contribution in [3.8, 4) is 0 Å². The maximum absolute atomic E-state index is 11.5. The van der Waals surface area contributed by atoms with Crippen LogP contribution < -0.4 is 0 Å². The summed E-state index contributed by atoms with van der Waals surface area (Å²) in [5.74, 6) is -0.920. The van der Waals surface area contributed by atoms with Crippen LogP contribution in [0, 0.1) is 0 Å². The zero-order valence-corrected chi connectivity index (χ0v) is 11.9. The summed E-state index contributed by atoms with van der Waals surface area (Å²) in [6.07, 6.45) is 3.73. The molecule has 0 radical (unpaired) electrons. The largest absolute Gasteiger partial charge is 0.481 e. The van der Waals surface area contributed by atoms with E-state index in [1.54, 1.807) is 17.1 Å². The number of nitrogens with zero attached hydrogens (tertiary/aromatic N) is 2. The first-order valence-corrected chi connectivity index (χ1v) is 8.07. The van der Waals surface area contributed by atoms with E-state index in [1.807, 2.05) is 0 Å². The Morgan fingerprint density at radius 3 is 2.56 bits per heavy atom. The van der Waals surface area contributed by atoms with Crippen molar-refractivity contribution in [3.05, 3.63) is 16.9 Å². The van der Waals surface area contributed by atoms with E-state index >= 15 is 0 Å². The minimum atomic E-state index is -3.04. The van der Waals surface area contributed by atoms with Crippen molar-refractivity contribution in [2.75, 3.05) is 11.5 Å². The van der Waals surface area contributed by atoms with Gasteiger partial charge in [-0.3, -0.25) is 9.48 Å². The van der Waals surface area contributed by atoms with Crippen molar-refractivity contribution in [3.63, 3.8) is 0 Å². The van der Waals surface area contributed by atoms with E-state index < -0.39 is 21.3 Å². The summed E-state index contributed by atoms with van der Waals surface area (Å²) in [5, 5.41) is 13.2. The van der Waals surface area contributed by atoms with Crippen molar-refractivity contribution >= 4 is 31.7 Å². The third kappa shape index (κ3) is 2.74. The van der Waals surface area contributed by atoms with Gasteiger partial charge < -0.3 is 5.11 Å². The Kier molecular flexibility index (Phi) is 3.50. The highest BCUT2D eigenvalue weighted by Gasteiger charge is 2.41. The molecule has 18 heavy (non-hydrogen) atoms. The predicted molar refractivity (Wildman–Crippen MR) is 68.0 cm³/mol. The number of aliphatic carboxylic acids is 1. The molecule has 100 valence electrons. The molecule has 1 aliphatic rings. The van der Waals surface area contributed by atoms with Crippen molar-refractivity contribution in [1.29, 1.82) is 0 Å². The Bertz CT molecular complexity index is 552. The van der Waals surface area contributed by atoms with Crippen molar-refractivity contribution in [1.82, 2.24) is 9.78 Å². The lowest BCUT2D eigenvalue weighted by Gasteiger charge is -2.36. The molecule has 8 heteroatoms. The summed E-state index contributed by atoms with van der Waals surface area (Å²) in [5.41, 5.74) is -0.733. The molecule has 0 aromatic carbocycles. The van der Waals surface area contributed by atoms with Gasteiger partial charge in [-0.25, -0.2) is 8.42 Å². The molecule has 1 aromatic heterocycles. The molecule has 0 atom stereocenters. The van der Waals surface area contributed by atoms with Gasteiger partial charge in [0.1, 0.15) is 0 Å². The lowest BCUT2D eigenvalue weighted by Crippen LogP contribution is -2.43. The van der Waals surface area contributed by atoms with Crippen molar-refractivity contribution in [2.24, 2.45) is 0 Å². The van der Waals surface area contributed by atoms with E-state index in [-0.39, 0.29) is 30.8 Å². The number of carboxylic acids is 1. The molecule has 0 saturated carbocycles. The van der Waals surface area contributed by atoms with Crippen LogP contribution in [0.3, 0.4) is 0 Å². The molecular weight excluding hydrogens is 324 g/mol. The van der Waals surface area contributed by atoms with E-state index in [4.69, 9.17) is 5.11 Å². The van der Waals surface area contributed by atoms with Crippen LogP contribution >= 0.6 is 15.9 Å². The number of halogens is 1. The number of rotatable bonds is 3. The van der Waals surface area contributed by atoms with E-state index in [9.17, 15) is 13.2 Å². The summed E-state index contributed by atoms with van der Waals surface area (Å²) < 4.78 is 25.3. The molecule has 1 N–H and O–H groups in total. The van der Waals surface area contributed by atoms with Crippen molar-refractivity contribution in [2.45, 2.75) is 24.8 Å². The van der Waals surface area contributed by atoms with Gasteiger partial charge in [-0.15, -0.1) is 0 Å². The smallest absolute Gasteiger partial charge is 0.305 e. The molecule has 0 amide bonds. The second kappa shape index (κ2) is 4.65. The Labute approximate surface area is 113 Å². The van der Waals surface area contributed by atoms with E-state index in [1.165, 1.54) is 0 Å². The Morgan fingerprint density at radius 1 is 1.50 bits per heavy atom. The van der Waals surface area contributed by atoms with Gasteiger partial charge in [0.2, 0.25) is 0 Å². The number of hydrogen-bond acceptors (Lipinski definition) is 4. The average Bonchev–Trinajstić information content (AvgIpc) is 2.69. The minimum absolute atomic E-state index is 0.0117. The van der Waals surface area contributed by atoms with Crippen LogP contribution in [0.4, 0.5) is 0 Å². The zero-order valence-electron chi connectivity index (χ0n) is 9.54. The molecule has 6 nitrogen and oxygen atoms in total. The van der Waals surface area contributed by atoms with Gasteiger partial charge in [0.15, 0.2) is 9.84 Å². The van der Waals surface area contributed by atoms with Gasteiger partial charge in [-0.2, -0.15) is 5.10 Å². The Morgan fingerprint density at radius 2 is 2.11 bits per heavy atom. The normalized spacial score (nSPS) is 21.6. The minimum Gasteiger partial charge on any atom is -0.481 e. The van der Waals surface area contributed by atoms with Gasteiger partial charge >= 0.3 is 5.97 Å². The number of hydrogen-bond donors (Lipinski definition) is 1. The van der Waals surface area contributed by atoms with E-state index in [0.29, 0.717) is 0 Å². The van der Waals surface area contributed by atoms with Gasteiger partial charge in [0, 0.05) is 6.20 Å². The first-order chi connectivity index (χ1) is 8.33. The summed E-state index contributed by atoms with van der Waals surface area (Å²) in [6.45, 7) is 0.